The summed E-state index contributed by atoms with van der Waals surface area (Å²) in [7, 11) is 0. The molecule has 3 heterocycles. The van der Waals surface area contributed by atoms with Crippen molar-refractivity contribution in [2.24, 2.45) is 5.92 Å². The van der Waals surface area contributed by atoms with Crippen LogP contribution >= 0.6 is 0 Å². The Morgan fingerprint density at radius 1 is 1.17 bits per heavy atom. The first-order chi connectivity index (χ1) is 11.1. The Hall–Kier alpha value is -1.81. The standard InChI is InChI=1S/C19H23NO3/c1-11(2)18(22)14-10-16(21)23-19-13-6-4-8-20-7-3-5-12(17(13)20)9-15(14)19/h9-11,18,22H,3-8H2,1-2H3. The Morgan fingerprint density at radius 2 is 1.91 bits per heavy atom. The molecule has 1 unspecified atom stereocenters. The molecule has 0 spiro atoms. The summed E-state index contributed by atoms with van der Waals surface area (Å²) in [6.45, 7) is 6.11. The second-order valence-corrected chi connectivity index (χ2v) is 7.14. The summed E-state index contributed by atoms with van der Waals surface area (Å²) in [6, 6.07) is 3.62. The minimum absolute atomic E-state index is 0.0592. The van der Waals surface area contributed by atoms with E-state index in [9.17, 15) is 9.90 Å². The van der Waals surface area contributed by atoms with Gasteiger partial charge in [0.2, 0.25) is 0 Å². The van der Waals surface area contributed by atoms with Gasteiger partial charge in [-0.25, -0.2) is 4.79 Å². The van der Waals surface area contributed by atoms with Crippen LogP contribution in [0.15, 0.2) is 21.3 Å². The number of anilines is 1. The van der Waals surface area contributed by atoms with Crippen LogP contribution in [0.4, 0.5) is 5.69 Å². The molecule has 0 radical (unpaired) electrons. The summed E-state index contributed by atoms with van der Waals surface area (Å²) in [6.07, 6.45) is 3.62. The highest BCUT2D eigenvalue weighted by atomic mass is 16.4. The van der Waals surface area contributed by atoms with Gasteiger partial charge < -0.3 is 14.4 Å². The molecule has 0 amide bonds. The van der Waals surface area contributed by atoms with Gasteiger partial charge in [0.15, 0.2) is 0 Å². The van der Waals surface area contributed by atoms with Crippen LogP contribution in [0, 0.1) is 5.92 Å². The molecule has 1 aromatic carbocycles. The van der Waals surface area contributed by atoms with Crippen molar-refractivity contribution in [1.82, 2.24) is 0 Å². The third kappa shape index (κ3) is 2.27. The number of aliphatic hydroxyl groups is 1. The molecule has 2 aromatic rings. The number of aliphatic hydroxyl groups excluding tert-OH is 1. The minimum Gasteiger partial charge on any atom is -0.422 e. The SMILES string of the molecule is CC(C)C(O)c1cc(=O)oc2c3c4c(cc12)CCCN4CCC3. The van der Waals surface area contributed by atoms with E-state index in [0.29, 0.717) is 11.1 Å². The van der Waals surface area contributed by atoms with E-state index in [4.69, 9.17) is 4.42 Å². The zero-order valence-corrected chi connectivity index (χ0v) is 13.8. The second-order valence-electron chi connectivity index (χ2n) is 7.14. The molecule has 1 N–H and O–H groups in total. The predicted octanol–water partition coefficient (Wildman–Crippen LogP) is 3.18. The van der Waals surface area contributed by atoms with Crippen molar-refractivity contribution in [2.45, 2.75) is 45.6 Å². The third-order valence-electron chi connectivity index (χ3n) is 5.21. The first kappa shape index (κ1) is 14.8. The van der Waals surface area contributed by atoms with E-state index >= 15 is 0 Å². The van der Waals surface area contributed by atoms with E-state index in [1.54, 1.807) is 0 Å². The van der Waals surface area contributed by atoms with Crippen LogP contribution in [-0.2, 0) is 12.8 Å². The van der Waals surface area contributed by atoms with Crippen molar-refractivity contribution < 1.29 is 9.52 Å². The average molecular weight is 313 g/mol. The van der Waals surface area contributed by atoms with E-state index in [1.165, 1.54) is 22.9 Å². The molecule has 0 bridgehead atoms. The Kier molecular flexibility index (Phi) is 3.45. The van der Waals surface area contributed by atoms with E-state index in [2.05, 4.69) is 11.0 Å². The molecule has 0 fully saturated rings. The second kappa shape index (κ2) is 5.38. The molecule has 2 aliphatic rings. The van der Waals surface area contributed by atoms with Gasteiger partial charge in [0.25, 0.3) is 0 Å². The van der Waals surface area contributed by atoms with Crippen LogP contribution in [0.1, 0.15) is 49.5 Å². The summed E-state index contributed by atoms with van der Waals surface area (Å²) < 4.78 is 5.61. The minimum atomic E-state index is -0.643. The fourth-order valence-electron chi connectivity index (χ4n) is 4.10. The third-order valence-corrected chi connectivity index (χ3v) is 5.21. The molecule has 1 aromatic heterocycles. The van der Waals surface area contributed by atoms with Gasteiger partial charge in [0, 0.05) is 35.8 Å². The molecular weight excluding hydrogens is 290 g/mol. The number of fused-ring (bicyclic) bond motifs is 2. The highest BCUT2D eigenvalue weighted by Gasteiger charge is 2.28. The lowest BCUT2D eigenvalue weighted by Crippen LogP contribution is -2.34. The smallest absolute Gasteiger partial charge is 0.336 e. The fourth-order valence-corrected chi connectivity index (χ4v) is 4.10. The van der Waals surface area contributed by atoms with Crippen molar-refractivity contribution >= 4 is 16.7 Å². The van der Waals surface area contributed by atoms with Crippen LogP contribution in [0.25, 0.3) is 11.0 Å². The monoisotopic (exact) mass is 313 g/mol. The first-order valence-corrected chi connectivity index (χ1v) is 8.62. The maximum atomic E-state index is 12.1. The van der Waals surface area contributed by atoms with Gasteiger partial charge in [-0.2, -0.15) is 0 Å². The van der Waals surface area contributed by atoms with Gasteiger partial charge in [-0.3, -0.25) is 0 Å². The van der Waals surface area contributed by atoms with Crippen LogP contribution in [0.3, 0.4) is 0 Å². The van der Waals surface area contributed by atoms with Gasteiger partial charge in [-0.05, 0) is 48.8 Å². The molecule has 0 saturated heterocycles. The molecule has 0 aliphatic carbocycles. The summed E-state index contributed by atoms with van der Waals surface area (Å²) in [5.74, 6) is 0.0592. The Morgan fingerprint density at radius 3 is 2.65 bits per heavy atom. The van der Waals surface area contributed by atoms with E-state index in [-0.39, 0.29) is 11.5 Å². The largest absolute Gasteiger partial charge is 0.422 e. The number of rotatable bonds is 2. The molecule has 2 aliphatic heterocycles. The van der Waals surface area contributed by atoms with Crippen molar-refractivity contribution in [3.05, 3.63) is 39.2 Å². The lowest BCUT2D eigenvalue weighted by molar-refractivity contribution is 0.128. The number of hydrogen-bond donors (Lipinski definition) is 1. The van der Waals surface area contributed by atoms with Gasteiger partial charge in [-0.15, -0.1) is 0 Å². The lowest BCUT2D eigenvalue weighted by Gasteiger charge is -2.37. The first-order valence-electron chi connectivity index (χ1n) is 8.62. The average Bonchev–Trinajstić information content (AvgIpc) is 2.54. The number of benzene rings is 1. The Bertz CT molecular complexity index is 819. The van der Waals surface area contributed by atoms with E-state index < -0.39 is 6.10 Å². The number of aryl methyl sites for hydroxylation is 2. The molecule has 4 nitrogen and oxygen atoms in total. The zero-order valence-electron chi connectivity index (χ0n) is 13.8. The van der Waals surface area contributed by atoms with Gasteiger partial charge >= 0.3 is 5.63 Å². The quantitative estimate of drug-likeness (QED) is 0.865. The molecule has 4 heteroatoms. The summed E-state index contributed by atoms with van der Waals surface area (Å²) in [5, 5.41) is 11.5. The normalized spacial score (nSPS) is 18.3. The fraction of sp³-hybridized carbons (Fsp3) is 0.526. The van der Waals surface area contributed by atoms with Gasteiger partial charge in [0.05, 0.1) is 6.10 Å². The molecule has 4 rings (SSSR count). The summed E-state index contributed by atoms with van der Waals surface area (Å²) in [5.41, 5.74) is 4.83. The topological polar surface area (TPSA) is 53.7 Å². The van der Waals surface area contributed by atoms with E-state index in [1.807, 2.05) is 13.8 Å². The van der Waals surface area contributed by atoms with Crippen LogP contribution < -0.4 is 10.5 Å². The summed E-state index contributed by atoms with van der Waals surface area (Å²) in [4.78, 5) is 14.5. The van der Waals surface area contributed by atoms with Gasteiger partial charge in [0.1, 0.15) is 5.58 Å². The summed E-state index contributed by atoms with van der Waals surface area (Å²) >= 11 is 0. The lowest BCUT2D eigenvalue weighted by atomic mass is 9.87. The van der Waals surface area contributed by atoms with Crippen molar-refractivity contribution in [2.75, 3.05) is 18.0 Å². The maximum Gasteiger partial charge on any atom is 0.336 e. The molecule has 0 saturated carbocycles. The number of nitrogens with zero attached hydrogens (tertiary/aromatic N) is 1. The van der Waals surface area contributed by atoms with Crippen LogP contribution in [-0.4, -0.2) is 18.2 Å². The molecular formula is C19H23NO3. The highest BCUT2D eigenvalue weighted by molar-refractivity contribution is 5.90. The molecule has 122 valence electrons. The van der Waals surface area contributed by atoms with Crippen LogP contribution in [0.2, 0.25) is 0 Å². The van der Waals surface area contributed by atoms with Crippen molar-refractivity contribution in [3.8, 4) is 0 Å². The number of hydrogen-bond acceptors (Lipinski definition) is 4. The highest BCUT2D eigenvalue weighted by Crippen LogP contribution is 2.41. The maximum absolute atomic E-state index is 12.1. The Labute approximate surface area is 135 Å². The van der Waals surface area contributed by atoms with Crippen molar-refractivity contribution in [1.29, 1.82) is 0 Å². The van der Waals surface area contributed by atoms with E-state index in [0.717, 1.165) is 44.2 Å². The predicted molar refractivity (Wildman–Crippen MR) is 91.1 cm³/mol. The molecule has 23 heavy (non-hydrogen) atoms. The molecule has 1 atom stereocenters. The van der Waals surface area contributed by atoms with Crippen LogP contribution in [0.5, 0.6) is 0 Å². The van der Waals surface area contributed by atoms with Crippen molar-refractivity contribution in [3.63, 3.8) is 0 Å². The Balaban J connectivity index is 2.06. The van der Waals surface area contributed by atoms with Gasteiger partial charge in [-0.1, -0.05) is 13.8 Å². The zero-order chi connectivity index (χ0) is 16.1.